The van der Waals surface area contributed by atoms with Crippen LogP contribution in [0.15, 0.2) is 18.2 Å². The summed E-state index contributed by atoms with van der Waals surface area (Å²) in [7, 11) is 0. The summed E-state index contributed by atoms with van der Waals surface area (Å²) in [5.41, 5.74) is 1.95. The number of nitriles is 1. The molecule has 0 radical (unpaired) electrons. The van der Waals surface area contributed by atoms with Crippen molar-refractivity contribution >= 4 is 17.4 Å². The van der Waals surface area contributed by atoms with Gasteiger partial charge in [-0.15, -0.1) is 0 Å². The maximum Gasteiger partial charge on any atom is 0.219 e. The summed E-state index contributed by atoms with van der Waals surface area (Å²) >= 11 is 0. The molecule has 1 aliphatic rings. The number of benzene rings is 1. The molecule has 0 bridgehead atoms. The Hall–Kier alpha value is -2.35. The van der Waals surface area contributed by atoms with E-state index in [1.54, 1.807) is 18.2 Å². The van der Waals surface area contributed by atoms with Gasteiger partial charge in [-0.1, -0.05) is 6.92 Å². The Kier molecular flexibility index (Phi) is 5.16. The Morgan fingerprint density at radius 1 is 1.45 bits per heavy atom. The molecule has 1 amide bonds. The first-order valence-corrected chi connectivity index (χ1v) is 7.64. The number of carbonyl (C=O) groups excluding carboxylic acids is 2. The Bertz CT molecular complexity index is 619. The van der Waals surface area contributed by atoms with Crippen LogP contribution in [0.3, 0.4) is 0 Å². The lowest BCUT2D eigenvalue weighted by atomic mass is 10.0. The molecule has 22 heavy (non-hydrogen) atoms. The number of nitrogens with zero attached hydrogens (tertiary/aromatic N) is 2. The fourth-order valence-corrected chi connectivity index (χ4v) is 2.75. The molecule has 1 aromatic rings. The molecule has 2 rings (SSSR count). The summed E-state index contributed by atoms with van der Waals surface area (Å²) < 4.78 is 0. The summed E-state index contributed by atoms with van der Waals surface area (Å²) in [5.74, 6) is 0.0310. The highest BCUT2D eigenvalue weighted by atomic mass is 16.1. The number of nitrogens with one attached hydrogen (secondary N) is 1. The first-order chi connectivity index (χ1) is 10.5. The lowest BCUT2D eigenvalue weighted by Gasteiger charge is -2.35. The van der Waals surface area contributed by atoms with E-state index in [4.69, 9.17) is 0 Å². The number of ketones is 1. The van der Waals surface area contributed by atoms with Gasteiger partial charge in [0.25, 0.3) is 0 Å². The van der Waals surface area contributed by atoms with Crippen LogP contribution in [0.5, 0.6) is 0 Å². The van der Waals surface area contributed by atoms with E-state index < -0.39 is 0 Å². The zero-order valence-corrected chi connectivity index (χ0v) is 13.1. The third kappa shape index (κ3) is 3.64. The molecule has 0 saturated carbocycles. The van der Waals surface area contributed by atoms with Crippen molar-refractivity contribution in [2.45, 2.75) is 39.2 Å². The molecule has 1 saturated heterocycles. The average Bonchev–Trinajstić information content (AvgIpc) is 2.54. The Balaban J connectivity index is 2.23. The van der Waals surface area contributed by atoms with Crippen molar-refractivity contribution in [3.05, 3.63) is 29.3 Å². The largest absolute Gasteiger partial charge is 0.368 e. The maximum atomic E-state index is 11.6. The van der Waals surface area contributed by atoms with Crippen LogP contribution in [-0.2, 0) is 4.79 Å². The molecule has 5 heteroatoms. The second-order valence-corrected chi connectivity index (χ2v) is 5.61. The maximum absolute atomic E-state index is 11.6. The first kappa shape index (κ1) is 16.0. The number of amides is 1. The Labute approximate surface area is 130 Å². The smallest absolute Gasteiger partial charge is 0.219 e. The quantitative estimate of drug-likeness (QED) is 0.865. The van der Waals surface area contributed by atoms with Gasteiger partial charge in [-0.2, -0.15) is 5.26 Å². The zero-order valence-electron chi connectivity index (χ0n) is 13.1. The molecule has 5 nitrogen and oxygen atoms in total. The van der Waals surface area contributed by atoms with Gasteiger partial charge in [0.1, 0.15) is 6.07 Å². The van der Waals surface area contributed by atoms with E-state index in [0.29, 0.717) is 24.1 Å². The van der Waals surface area contributed by atoms with Crippen LogP contribution in [0.1, 0.15) is 49.0 Å². The molecular weight excluding hydrogens is 278 g/mol. The van der Waals surface area contributed by atoms with Crippen molar-refractivity contribution in [2.24, 2.45) is 0 Å². The standard InChI is InChI=1S/C17H21N3O2/c1-3-17(22)19-15-5-4-8-20(11-15)16-9-13(12(2)21)6-7-14(16)10-18/h6-7,9,15H,3-5,8,11H2,1-2H3,(H,19,22). The van der Waals surface area contributed by atoms with Gasteiger partial charge in [0.2, 0.25) is 5.91 Å². The minimum Gasteiger partial charge on any atom is -0.368 e. The SMILES string of the molecule is CCC(=O)NC1CCCN(c2cc(C(C)=O)ccc2C#N)C1. The van der Waals surface area contributed by atoms with E-state index in [9.17, 15) is 14.9 Å². The van der Waals surface area contributed by atoms with Crippen molar-refractivity contribution in [2.75, 3.05) is 18.0 Å². The molecule has 116 valence electrons. The third-order valence-electron chi connectivity index (χ3n) is 3.97. The fraction of sp³-hybridized carbons (Fsp3) is 0.471. The second-order valence-electron chi connectivity index (χ2n) is 5.61. The van der Waals surface area contributed by atoms with E-state index in [0.717, 1.165) is 25.1 Å². The zero-order chi connectivity index (χ0) is 16.1. The number of hydrogen-bond acceptors (Lipinski definition) is 4. The molecule has 1 aromatic carbocycles. The van der Waals surface area contributed by atoms with Gasteiger partial charge in [0.05, 0.1) is 11.3 Å². The number of Topliss-reactive ketones (excluding diaryl/α,β-unsaturated/α-hetero) is 1. The van der Waals surface area contributed by atoms with Gasteiger partial charge >= 0.3 is 0 Å². The van der Waals surface area contributed by atoms with Gasteiger partial charge in [0.15, 0.2) is 5.78 Å². The van der Waals surface area contributed by atoms with Gasteiger partial charge in [-0.25, -0.2) is 0 Å². The number of carbonyl (C=O) groups is 2. The highest BCUT2D eigenvalue weighted by Gasteiger charge is 2.23. The molecule has 1 aliphatic heterocycles. The fourth-order valence-electron chi connectivity index (χ4n) is 2.75. The predicted molar refractivity (Wildman–Crippen MR) is 84.8 cm³/mol. The monoisotopic (exact) mass is 299 g/mol. The van der Waals surface area contributed by atoms with Crippen LogP contribution in [0.2, 0.25) is 0 Å². The van der Waals surface area contributed by atoms with Crippen molar-refractivity contribution in [3.8, 4) is 6.07 Å². The van der Waals surface area contributed by atoms with Crippen molar-refractivity contribution < 1.29 is 9.59 Å². The molecule has 1 heterocycles. The molecule has 1 fully saturated rings. The highest BCUT2D eigenvalue weighted by molar-refractivity contribution is 5.95. The van der Waals surface area contributed by atoms with Gasteiger partial charge < -0.3 is 10.2 Å². The molecule has 1 atom stereocenters. The van der Waals surface area contributed by atoms with Crippen LogP contribution in [-0.4, -0.2) is 30.8 Å². The summed E-state index contributed by atoms with van der Waals surface area (Å²) in [6.07, 6.45) is 2.36. The molecule has 0 spiro atoms. The normalized spacial score (nSPS) is 17.7. The van der Waals surface area contributed by atoms with Crippen LogP contribution < -0.4 is 10.2 Å². The number of hydrogen-bond donors (Lipinski definition) is 1. The van der Waals surface area contributed by atoms with Gasteiger partial charge in [-0.05, 0) is 38.0 Å². The summed E-state index contributed by atoms with van der Waals surface area (Å²) in [6.45, 7) is 4.85. The van der Waals surface area contributed by atoms with E-state index >= 15 is 0 Å². The van der Waals surface area contributed by atoms with E-state index in [1.807, 2.05) is 6.92 Å². The molecule has 1 N–H and O–H groups in total. The van der Waals surface area contributed by atoms with E-state index in [1.165, 1.54) is 6.92 Å². The van der Waals surface area contributed by atoms with Crippen LogP contribution in [0.25, 0.3) is 0 Å². The third-order valence-corrected chi connectivity index (χ3v) is 3.97. The van der Waals surface area contributed by atoms with Crippen LogP contribution in [0.4, 0.5) is 5.69 Å². The van der Waals surface area contributed by atoms with E-state index in [2.05, 4.69) is 16.3 Å². The summed E-state index contributed by atoms with van der Waals surface area (Å²) in [4.78, 5) is 25.2. The Morgan fingerprint density at radius 2 is 2.23 bits per heavy atom. The number of rotatable bonds is 4. The minimum absolute atomic E-state index is 0.0152. The van der Waals surface area contributed by atoms with Gasteiger partial charge in [-0.3, -0.25) is 9.59 Å². The number of piperidine rings is 1. The topological polar surface area (TPSA) is 73.2 Å². The van der Waals surface area contributed by atoms with Crippen LogP contribution in [0, 0.1) is 11.3 Å². The second kappa shape index (κ2) is 7.08. The highest BCUT2D eigenvalue weighted by Crippen LogP contribution is 2.25. The lowest BCUT2D eigenvalue weighted by Crippen LogP contribution is -2.47. The molecule has 1 unspecified atom stereocenters. The lowest BCUT2D eigenvalue weighted by molar-refractivity contribution is -0.121. The minimum atomic E-state index is -0.0152. The van der Waals surface area contributed by atoms with Crippen molar-refractivity contribution in [1.29, 1.82) is 5.26 Å². The van der Waals surface area contributed by atoms with Crippen molar-refractivity contribution in [3.63, 3.8) is 0 Å². The first-order valence-electron chi connectivity index (χ1n) is 7.64. The summed E-state index contributed by atoms with van der Waals surface area (Å²) in [6, 6.07) is 7.44. The number of anilines is 1. The van der Waals surface area contributed by atoms with E-state index in [-0.39, 0.29) is 17.7 Å². The van der Waals surface area contributed by atoms with Crippen LogP contribution >= 0.6 is 0 Å². The molecule has 0 aromatic heterocycles. The predicted octanol–water partition coefficient (Wildman–Crippen LogP) is 2.26. The molecule has 0 aliphatic carbocycles. The van der Waals surface area contributed by atoms with Gasteiger partial charge in [0, 0.05) is 31.1 Å². The summed E-state index contributed by atoms with van der Waals surface area (Å²) in [5, 5.41) is 12.3. The molecular formula is C17H21N3O2. The Morgan fingerprint density at radius 3 is 2.86 bits per heavy atom. The average molecular weight is 299 g/mol. The van der Waals surface area contributed by atoms with Crippen molar-refractivity contribution in [1.82, 2.24) is 5.32 Å².